The number of amides is 1. The Morgan fingerprint density at radius 3 is 2.89 bits per heavy atom. The van der Waals surface area contributed by atoms with E-state index in [1.807, 2.05) is 36.4 Å². The molecule has 5 rings (SSSR count). The number of aromatic nitrogens is 1. The summed E-state index contributed by atoms with van der Waals surface area (Å²) in [5, 5.41) is 3.07. The molecule has 2 saturated carbocycles. The Bertz CT molecular complexity index is 897. The minimum Gasteiger partial charge on any atom is -0.486 e. The lowest BCUT2D eigenvalue weighted by molar-refractivity contribution is -0.124. The minimum atomic E-state index is -0.483. The van der Waals surface area contributed by atoms with Gasteiger partial charge in [0.2, 0.25) is 5.91 Å². The smallest absolute Gasteiger partial charge is 0.223 e. The number of hydrogen-bond donors (Lipinski definition) is 1. The lowest BCUT2D eigenvalue weighted by Crippen LogP contribution is -2.44. The van der Waals surface area contributed by atoms with Gasteiger partial charge in [-0.2, -0.15) is 0 Å². The molecule has 0 bridgehead atoms. The first-order chi connectivity index (χ1) is 13.2. The van der Waals surface area contributed by atoms with E-state index in [2.05, 4.69) is 10.3 Å². The van der Waals surface area contributed by atoms with Gasteiger partial charge in [0, 0.05) is 30.8 Å². The summed E-state index contributed by atoms with van der Waals surface area (Å²) >= 11 is 0. The van der Waals surface area contributed by atoms with Gasteiger partial charge in [-0.15, -0.1) is 0 Å². The molecule has 1 aromatic carbocycles. The monoisotopic (exact) mass is 362 g/mol. The molecule has 0 radical (unpaired) electrons. The van der Waals surface area contributed by atoms with Gasteiger partial charge < -0.3 is 10.1 Å². The lowest BCUT2D eigenvalue weighted by atomic mass is 9.84. The van der Waals surface area contributed by atoms with Crippen LogP contribution in [0, 0.1) is 17.8 Å². The second kappa shape index (κ2) is 6.19. The van der Waals surface area contributed by atoms with Crippen molar-refractivity contribution in [3.05, 3.63) is 59.9 Å². The first-order valence-electron chi connectivity index (χ1n) is 9.66. The Hall–Kier alpha value is -2.69. The van der Waals surface area contributed by atoms with E-state index < -0.39 is 5.60 Å². The predicted octanol–water partition coefficient (Wildman–Crippen LogP) is 2.80. The number of nitrogens with one attached hydrogen (secondary N) is 1. The van der Waals surface area contributed by atoms with E-state index in [1.165, 1.54) is 0 Å². The maximum absolute atomic E-state index is 12.7. The van der Waals surface area contributed by atoms with E-state index in [4.69, 9.17) is 4.74 Å². The number of fused-ring (bicyclic) bond motifs is 3. The van der Waals surface area contributed by atoms with E-state index in [9.17, 15) is 9.59 Å². The van der Waals surface area contributed by atoms with Crippen molar-refractivity contribution in [1.29, 1.82) is 0 Å². The molecule has 4 atom stereocenters. The largest absolute Gasteiger partial charge is 0.486 e. The third-order valence-electron chi connectivity index (χ3n) is 6.40. The Morgan fingerprint density at radius 1 is 1.22 bits per heavy atom. The Balaban J connectivity index is 1.25. The molecule has 1 aliphatic heterocycles. The molecule has 138 valence electrons. The minimum absolute atomic E-state index is 0.0192. The molecule has 2 aromatic rings. The molecule has 1 spiro atoms. The fourth-order valence-corrected chi connectivity index (χ4v) is 5.12. The average Bonchev–Trinajstić information content (AvgIpc) is 3.34. The summed E-state index contributed by atoms with van der Waals surface area (Å²) in [4.78, 5) is 29.3. The topological polar surface area (TPSA) is 68.3 Å². The number of carbonyl (C=O) groups excluding carboxylic acids is 2. The summed E-state index contributed by atoms with van der Waals surface area (Å²) in [6.45, 7) is 0.619. The zero-order valence-electron chi connectivity index (χ0n) is 15.1. The number of pyridine rings is 1. The predicted molar refractivity (Wildman–Crippen MR) is 99.4 cm³/mol. The number of carbonyl (C=O) groups is 2. The van der Waals surface area contributed by atoms with Crippen molar-refractivity contribution < 1.29 is 14.3 Å². The van der Waals surface area contributed by atoms with E-state index in [1.54, 1.807) is 12.4 Å². The quantitative estimate of drug-likeness (QED) is 0.908. The lowest BCUT2D eigenvalue weighted by Gasteiger charge is -2.37. The molecular formula is C22H22N2O3. The summed E-state index contributed by atoms with van der Waals surface area (Å²) in [5.41, 5.74) is 1.35. The van der Waals surface area contributed by atoms with Crippen LogP contribution in [-0.2, 0) is 11.2 Å². The van der Waals surface area contributed by atoms with Crippen molar-refractivity contribution in [3.63, 3.8) is 0 Å². The molecule has 0 saturated heterocycles. The third kappa shape index (κ3) is 2.73. The van der Waals surface area contributed by atoms with Crippen molar-refractivity contribution >= 4 is 11.7 Å². The molecule has 2 fully saturated rings. The molecule has 1 aromatic heterocycles. The summed E-state index contributed by atoms with van der Waals surface area (Å²) in [6.07, 6.45) is 6.55. The van der Waals surface area contributed by atoms with Crippen LogP contribution in [0.3, 0.4) is 0 Å². The van der Waals surface area contributed by atoms with E-state index in [-0.39, 0.29) is 23.5 Å². The van der Waals surface area contributed by atoms with Crippen molar-refractivity contribution in [2.24, 2.45) is 17.8 Å². The number of Topliss-reactive ketones (excluding diaryl/α,β-unsaturated/α-hetero) is 1. The number of nitrogens with zero attached hydrogens (tertiary/aromatic N) is 1. The van der Waals surface area contributed by atoms with Crippen LogP contribution >= 0.6 is 0 Å². The number of rotatable bonds is 4. The standard InChI is InChI=1S/C22H22N2O3/c25-17-13-22(27-18-4-2-1-3-15(17)18)9-5-16-19(20(16)22)21(26)24-12-8-14-6-10-23-11-7-14/h1-4,6-7,10-11,16,19-20H,5,8-9,12-13H2,(H,24,26)/t16-,19+,20+,22+/m0/s1. The maximum Gasteiger partial charge on any atom is 0.223 e. The van der Waals surface area contributed by atoms with Crippen molar-refractivity contribution in [3.8, 4) is 5.75 Å². The molecule has 5 heteroatoms. The molecule has 27 heavy (non-hydrogen) atoms. The molecule has 3 aliphatic rings. The third-order valence-corrected chi connectivity index (χ3v) is 6.40. The Morgan fingerprint density at radius 2 is 2.04 bits per heavy atom. The van der Waals surface area contributed by atoms with Crippen LogP contribution in [0.2, 0.25) is 0 Å². The van der Waals surface area contributed by atoms with Crippen molar-refractivity contribution in [2.75, 3.05) is 6.54 Å². The summed E-state index contributed by atoms with van der Waals surface area (Å²) < 4.78 is 6.35. The molecule has 2 aliphatic carbocycles. The number of benzene rings is 1. The van der Waals surface area contributed by atoms with Crippen LogP contribution in [0.4, 0.5) is 0 Å². The zero-order chi connectivity index (χ0) is 18.4. The van der Waals surface area contributed by atoms with Gasteiger partial charge in [-0.05, 0) is 55.0 Å². The number of hydrogen-bond acceptors (Lipinski definition) is 4. The van der Waals surface area contributed by atoms with Crippen LogP contribution in [0.1, 0.15) is 35.2 Å². The highest BCUT2D eigenvalue weighted by Crippen LogP contribution is 2.65. The molecular weight excluding hydrogens is 340 g/mol. The van der Waals surface area contributed by atoms with Crippen LogP contribution in [0.25, 0.3) is 0 Å². The van der Waals surface area contributed by atoms with Gasteiger partial charge >= 0.3 is 0 Å². The Labute approximate surface area is 158 Å². The number of ketones is 1. The van der Waals surface area contributed by atoms with Crippen LogP contribution in [0.5, 0.6) is 5.75 Å². The molecule has 0 unspecified atom stereocenters. The maximum atomic E-state index is 12.7. The Kier molecular flexibility index (Phi) is 3.78. The average molecular weight is 362 g/mol. The fraction of sp³-hybridized carbons (Fsp3) is 0.409. The van der Waals surface area contributed by atoms with Gasteiger partial charge in [-0.1, -0.05) is 12.1 Å². The first-order valence-corrected chi connectivity index (χ1v) is 9.66. The van der Waals surface area contributed by atoms with E-state index >= 15 is 0 Å². The number of para-hydroxylation sites is 1. The van der Waals surface area contributed by atoms with Crippen LogP contribution in [-0.4, -0.2) is 28.8 Å². The molecule has 2 heterocycles. The van der Waals surface area contributed by atoms with Gasteiger partial charge in [0.1, 0.15) is 11.4 Å². The van der Waals surface area contributed by atoms with Gasteiger partial charge in [-0.25, -0.2) is 0 Å². The highest BCUT2D eigenvalue weighted by molar-refractivity contribution is 6.00. The van der Waals surface area contributed by atoms with Gasteiger partial charge in [0.15, 0.2) is 5.78 Å². The van der Waals surface area contributed by atoms with Crippen LogP contribution < -0.4 is 10.1 Å². The molecule has 1 N–H and O–H groups in total. The summed E-state index contributed by atoms with van der Waals surface area (Å²) in [5.74, 6) is 1.42. The summed E-state index contributed by atoms with van der Waals surface area (Å²) in [7, 11) is 0. The second-order valence-corrected chi connectivity index (χ2v) is 7.91. The fourth-order valence-electron chi connectivity index (χ4n) is 5.12. The highest BCUT2D eigenvalue weighted by atomic mass is 16.5. The summed E-state index contributed by atoms with van der Waals surface area (Å²) in [6, 6.07) is 11.4. The SMILES string of the molecule is O=C1C[C@@]2(CC[C@H]3[C@@H](C(=O)NCCc4ccncc4)[C@@H]32)Oc2ccccc21. The second-order valence-electron chi connectivity index (χ2n) is 7.91. The number of ether oxygens (including phenoxy) is 1. The van der Waals surface area contributed by atoms with Gasteiger partial charge in [0.05, 0.1) is 12.0 Å². The van der Waals surface area contributed by atoms with Crippen molar-refractivity contribution in [2.45, 2.75) is 31.3 Å². The zero-order valence-corrected chi connectivity index (χ0v) is 15.1. The van der Waals surface area contributed by atoms with E-state index in [0.29, 0.717) is 30.2 Å². The normalized spacial score (nSPS) is 30.4. The van der Waals surface area contributed by atoms with Crippen LogP contribution in [0.15, 0.2) is 48.8 Å². The first kappa shape index (κ1) is 16.5. The highest BCUT2D eigenvalue weighted by Gasteiger charge is 2.70. The molecule has 5 nitrogen and oxygen atoms in total. The van der Waals surface area contributed by atoms with Gasteiger partial charge in [0.25, 0.3) is 0 Å². The van der Waals surface area contributed by atoms with Gasteiger partial charge in [-0.3, -0.25) is 14.6 Å². The molecule has 1 amide bonds. The van der Waals surface area contributed by atoms with E-state index in [0.717, 1.165) is 24.8 Å². The van der Waals surface area contributed by atoms with Crippen molar-refractivity contribution in [1.82, 2.24) is 10.3 Å².